The molecular formula is C19H16ClFN4O. The van der Waals surface area contributed by atoms with Crippen LogP contribution in [0.1, 0.15) is 21.6 Å². The number of nitrogens with zero attached hydrogens (tertiary/aromatic N) is 2. The second-order valence-corrected chi connectivity index (χ2v) is 6.20. The van der Waals surface area contributed by atoms with Crippen molar-refractivity contribution in [2.75, 3.05) is 10.6 Å². The number of carbonyl (C=O) groups excluding carboxylic acids is 1. The van der Waals surface area contributed by atoms with E-state index in [-0.39, 0.29) is 22.6 Å². The third-order valence-electron chi connectivity index (χ3n) is 3.71. The highest BCUT2D eigenvalue weighted by Crippen LogP contribution is 2.21. The summed E-state index contributed by atoms with van der Waals surface area (Å²) in [4.78, 5) is 20.7. The van der Waals surface area contributed by atoms with E-state index in [1.165, 1.54) is 30.5 Å². The first-order valence-corrected chi connectivity index (χ1v) is 8.24. The van der Waals surface area contributed by atoms with Crippen LogP contribution in [0.4, 0.5) is 21.7 Å². The molecule has 26 heavy (non-hydrogen) atoms. The Morgan fingerprint density at radius 1 is 1.12 bits per heavy atom. The monoisotopic (exact) mass is 370 g/mol. The second kappa shape index (κ2) is 7.49. The van der Waals surface area contributed by atoms with Crippen LogP contribution < -0.4 is 10.6 Å². The minimum atomic E-state index is -0.514. The van der Waals surface area contributed by atoms with Crippen LogP contribution >= 0.6 is 11.6 Å². The summed E-state index contributed by atoms with van der Waals surface area (Å²) in [6.07, 6.45) is 1.47. The lowest BCUT2D eigenvalue weighted by Crippen LogP contribution is -2.15. The first kappa shape index (κ1) is 17.8. The summed E-state index contributed by atoms with van der Waals surface area (Å²) in [5, 5.41) is 5.73. The molecule has 5 nitrogen and oxygen atoms in total. The largest absolute Gasteiger partial charge is 0.324 e. The molecule has 1 aromatic heterocycles. The number of nitrogens with one attached hydrogen (secondary N) is 2. The van der Waals surface area contributed by atoms with Gasteiger partial charge in [-0.15, -0.1) is 0 Å². The summed E-state index contributed by atoms with van der Waals surface area (Å²) in [7, 11) is 0. The molecule has 0 aliphatic heterocycles. The molecule has 0 fully saturated rings. The molecule has 3 rings (SSSR count). The molecule has 0 unspecified atom stereocenters. The molecular weight excluding hydrogens is 355 g/mol. The molecule has 0 aliphatic rings. The molecule has 0 bridgehead atoms. The number of anilines is 3. The maximum absolute atomic E-state index is 13.2. The van der Waals surface area contributed by atoms with Crippen molar-refractivity contribution in [2.24, 2.45) is 0 Å². The Bertz CT molecular complexity index is 978. The third kappa shape index (κ3) is 4.15. The number of hydrogen-bond acceptors (Lipinski definition) is 4. The van der Waals surface area contributed by atoms with E-state index in [1.54, 1.807) is 0 Å². The lowest BCUT2D eigenvalue weighted by Gasteiger charge is -2.10. The molecule has 1 heterocycles. The van der Waals surface area contributed by atoms with E-state index >= 15 is 0 Å². The summed E-state index contributed by atoms with van der Waals surface area (Å²) >= 11 is 5.76. The molecule has 0 saturated carbocycles. The van der Waals surface area contributed by atoms with E-state index in [0.29, 0.717) is 5.69 Å². The number of hydrogen-bond donors (Lipinski definition) is 2. The predicted octanol–water partition coefficient (Wildman–Crippen LogP) is 4.88. The molecule has 2 aromatic carbocycles. The van der Waals surface area contributed by atoms with Crippen molar-refractivity contribution in [3.05, 3.63) is 76.3 Å². The summed E-state index contributed by atoms with van der Waals surface area (Å²) < 4.78 is 13.2. The van der Waals surface area contributed by atoms with Gasteiger partial charge in [-0.05, 0) is 55.3 Å². The average Bonchev–Trinajstić information content (AvgIpc) is 2.61. The topological polar surface area (TPSA) is 66.9 Å². The zero-order chi connectivity index (χ0) is 18.7. The fourth-order valence-corrected chi connectivity index (χ4v) is 2.49. The van der Waals surface area contributed by atoms with Gasteiger partial charge >= 0.3 is 0 Å². The minimum Gasteiger partial charge on any atom is -0.324 e. The number of rotatable bonds is 4. The molecule has 2 N–H and O–H groups in total. The molecule has 7 heteroatoms. The van der Waals surface area contributed by atoms with Crippen LogP contribution in [0.15, 0.2) is 48.7 Å². The Balaban J connectivity index is 1.78. The smallest absolute Gasteiger partial charge is 0.274 e. The minimum absolute atomic E-state index is 0.0150. The number of amides is 1. The number of halogens is 2. The molecule has 132 valence electrons. The zero-order valence-corrected chi connectivity index (χ0v) is 14.9. The second-order valence-electron chi connectivity index (χ2n) is 5.79. The predicted molar refractivity (Wildman–Crippen MR) is 101 cm³/mol. The van der Waals surface area contributed by atoms with Gasteiger partial charge in [0.15, 0.2) is 0 Å². The van der Waals surface area contributed by atoms with Crippen LogP contribution in [0.2, 0.25) is 5.02 Å². The normalized spacial score (nSPS) is 10.5. The van der Waals surface area contributed by atoms with Crippen molar-refractivity contribution in [3.63, 3.8) is 0 Å². The van der Waals surface area contributed by atoms with Crippen molar-refractivity contribution in [1.29, 1.82) is 0 Å². The van der Waals surface area contributed by atoms with Gasteiger partial charge in [-0.25, -0.2) is 14.4 Å². The van der Waals surface area contributed by atoms with Crippen LogP contribution in [0, 0.1) is 19.7 Å². The number of aryl methyl sites for hydroxylation is 2. The molecule has 0 atom stereocenters. The van der Waals surface area contributed by atoms with E-state index in [4.69, 9.17) is 11.6 Å². The van der Waals surface area contributed by atoms with Crippen molar-refractivity contribution in [3.8, 4) is 0 Å². The van der Waals surface area contributed by atoms with Crippen LogP contribution in [0.3, 0.4) is 0 Å². The standard InChI is InChI=1S/C19H16ClFN4O/c1-11-3-4-12(2)17(9-11)24-18(26)16-7-8-22-19(25-16)23-13-5-6-15(21)14(20)10-13/h3-10H,1-2H3,(H,24,26)(H,22,23,25). The van der Waals surface area contributed by atoms with E-state index in [0.717, 1.165) is 16.8 Å². The van der Waals surface area contributed by atoms with Gasteiger partial charge in [-0.2, -0.15) is 0 Å². The highest BCUT2D eigenvalue weighted by Gasteiger charge is 2.11. The molecule has 0 saturated heterocycles. The first-order valence-electron chi connectivity index (χ1n) is 7.86. The Hall–Kier alpha value is -2.99. The third-order valence-corrected chi connectivity index (χ3v) is 3.99. The average molecular weight is 371 g/mol. The fourth-order valence-electron chi connectivity index (χ4n) is 2.31. The first-order chi connectivity index (χ1) is 12.4. The lowest BCUT2D eigenvalue weighted by atomic mass is 10.1. The lowest BCUT2D eigenvalue weighted by molar-refractivity contribution is 0.102. The van der Waals surface area contributed by atoms with Crippen LogP contribution in [0.25, 0.3) is 0 Å². The molecule has 0 aliphatic carbocycles. The van der Waals surface area contributed by atoms with Gasteiger partial charge in [-0.1, -0.05) is 23.7 Å². The molecule has 0 spiro atoms. The highest BCUT2D eigenvalue weighted by atomic mass is 35.5. The Morgan fingerprint density at radius 2 is 1.92 bits per heavy atom. The van der Waals surface area contributed by atoms with E-state index in [1.807, 2.05) is 32.0 Å². The van der Waals surface area contributed by atoms with Gasteiger partial charge < -0.3 is 10.6 Å². The van der Waals surface area contributed by atoms with Gasteiger partial charge in [0.25, 0.3) is 5.91 Å². The number of benzene rings is 2. The summed E-state index contributed by atoms with van der Waals surface area (Å²) in [6.45, 7) is 3.87. The fraction of sp³-hybridized carbons (Fsp3) is 0.105. The quantitative estimate of drug-likeness (QED) is 0.686. The van der Waals surface area contributed by atoms with Gasteiger partial charge in [-0.3, -0.25) is 4.79 Å². The number of aromatic nitrogens is 2. The summed E-state index contributed by atoms with van der Waals surface area (Å²) in [6, 6.07) is 11.5. The van der Waals surface area contributed by atoms with E-state index < -0.39 is 5.82 Å². The summed E-state index contributed by atoms with van der Waals surface area (Å²) in [5.74, 6) is -0.651. The van der Waals surface area contributed by atoms with Gasteiger partial charge in [0, 0.05) is 17.6 Å². The van der Waals surface area contributed by atoms with Crippen molar-refractivity contribution in [2.45, 2.75) is 13.8 Å². The zero-order valence-electron chi connectivity index (χ0n) is 14.2. The Morgan fingerprint density at radius 3 is 2.69 bits per heavy atom. The van der Waals surface area contributed by atoms with Crippen molar-refractivity contribution >= 4 is 34.8 Å². The maximum atomic E-state index is 13.2. The van der Waals surface area contributed by atoms with Crippen molar-refractivity contribution < 1.29 is 9.18 Å². The van der Waals surface area contributed by atoms with Gasteiger partial charge in [0.1, 0.15) is 11.5 Å². The molecule has 3 aromatic rings. The number of carbonyl (C=O) groups is 1. The SMILES string of the molecule is Cc1ccc(C)c(NC(=O)c2ccnc(Nc3ccc(F)c(Cl)c3)n2)c1. The van der Waals surface area contributed by atoms with E-state index in [2.05, 4.69) is 20.6 Å². The van der Waals surface area contributed by atoms with Crippen LogP contribution in [-0.4, -0.2) is 15.9 Å². The van der Waals surface area contributed by atoms with Crippen LogP contribution in [0.5, 0.6) is 0 Å². The maximum Gasteiger partial charge on any atom is 0.274 e. The van der Waals surface area contributed by atoms with Crippen molar-refractivity contribution in [1.82, 2.24) is 9.97 Å². The van der Waals surface area contributed by atoms with Gasteiger partial charge in [0.2, 0.25) is 5.95 Å². The van der Waals surface area contributed by atoms with E-state index in [9.17, 15) is 9.18 Å². The highest BCUT2D eigenvalue weighted by molar-refractivity contribution is 6.31. The Labute approximate surface area is 155 Å². The molecule has 0 radical (unpaired) electrons. The van der Waals surface area contributed by atoms with Gasteiger partial charge in [0.05, 0.1) is 5.02 Å². The van der Waals surface area contributed by atoms with Crippen LogP contribution in [-0.2, 0) is 0 Å². The molecule has 1 amide bonds. The summed E-state index contributed by atoms with van der Waals surface area (Å²) in [5.41, 5.74) is 3.45. The Kier molecular flexibility index (Phi) is 5.14.